The molecule has 0 atom stereocenters. The largest absolute Gasteiger partial charge is 0.315 e. The Hall–Kier alpha value is -0.200. The molecule has 0 N–H and O–H groups in total. The van der Waals surface area contributed by atoms with Crippen molar-refractivity contribution in [3.8, 4) is 6.07 Å². The summed E-state index contributed by atoms with van der Waals surface area (Å²) in [5, 5.41) is 8.73. The highest BCUT2D eigenvalue weighted by atomic mass is 32.2. The van der Waals surface area contributed by atoms with E-state index < -0.39 is 0 Å². The minimum atomic E-state index is 0.0851. The van der Waals surface area contributed by atoms with Gasteiger partial charge in [0, 0.05) is 6.26 Å². The highest BCUT2D eigenvalue weighted by Crippen LogP contribution is 2.73. The van der Waals surface area contributed by atoms with Gasteiger partial charge in [-0.2, -0.15) is 5.26 Å². The summed E-state index contributed by atoms with van der Waals surface area (Å²) in [6, 6.07) is 2.38. The smallest absolute Gasteiger partial charge is 0.0690 e. The fraction of sp³-hybridized carbons (Fsp3) is 0.875. The first-order valence-corrected chi connectivity index (χ1v) is 4.96. The van der Waals surface area contributed by atoms with E-state index in [1.807, 2.05) is 6.26 Å². The Morgan fingerprint density at radius 1 is 1.55 bits per heavy atom. The van der Waals surface area contributed by atoms with Gasteiger partial charge in [-0.25, -0.2) is 0 Å². The van der Waals surface area contributed by atoms with E-state index in [-0.39, 0.29) is 5.41 Å². The van der Waals surface area contributed by atoms with Gasteiger partial charge in [0.15, 0.2) is 0 Å². The van der Waals surface area contributed by atoms with Crippen LogP contribution in [-0.4, -0.2) is 12.9 Å². The van der Waals surface area contributed by atoms with Crippen LogP contribution >= 0.6 is 12.0 Å². The maximum absolute atomic E-state index is 8.73. The van der Waals surface area contributed by atoms with Crippen molar-refractivity contribution in [1.29, 1.82) is 5.26 Å². The number of nitriles is 1. The summed E-state index contributed by atoms with van der Waals surface area (Å²) in [6.07, 6.45) is 5.18. The van der Waals surface area contributed by atoms with Gasteiger partial charge in [0.05, 0.1) is 18.1 Å². The van der Waals surface area contributed by atoms with Crippen molar-refractivity contribution < 1.29 is 4.18 Å². The van der Waals surface area contributed by atoms with Gasteiger partial charge in [-0.3, -0.25) is 0 Å². The van der Waals surface area contributed by atoms with Gasteiger partial charge in [0.2, 0.25) is 0 Å². The second-order valence-electron chi connectivity index (χ2n) is 3.85. The molecule has 0 amide bonds. The summed E-state index contributed by atoms with van der Waals surface area (Å²) in [5.74, 6) is 0. The zero-order valence-electron chi connectivity index (χ0n) is 6.59. The van der Waals surface area contributed by atoms with Crippen molar-refractivity contribution in [1.82, 2.24) is 0 Å². The van der Waals surface area contributed by atoms with Gasteiger partial charge in [0.1, 0.15) is 0 Å². The molecule has 0 aromatic heterocycles. The van der Waals surface area contributed by atoms with Gasteiger partial charge in [-0.1, -0.05) is 0 Å². The molecular weight excluding hydrogens is 158 g/mol. The molecule has 11 heavy (non-hydrogen) atoms. The van der Waals surface area contributed by atoms with E-state index in [0.717, 1.165) is 25.9 Å². The second kappa shape index (κ2) is 2.15. The van der Waals surface area contributed by atoms with Crippen molar-refractivity contribution in [2.45, 2.75) is 19.3 Å². The third-order valence-corrected chi connectivity index (χ3v) is 3.21. The lowest BCUT2D eigenvalue weighted by atomic mass is 9.36. The van der Waals surface area contributed by atoms with Crippen molar-refractivity contribution in [3.05, 3.63) is 0 Å². The van der Waals surface area contributed by atoms with Gasteiger partial charge < -0.3 is 4.18 Å². The number of nitrogens with zero attached hydrogens (tertiary/aromatic N) is 1. The van der Waals surface area contributed by atoms with Crippen molar-refractivity contribution in [3.63, 3.8) is 0 Å². The van der Waals surface area contributed by atoms with Crippen molar-refractivity contribution >= 4 is 12.0 Å². The fourth-order valence-electron chi connectivity index (χ4n) is 2.45. The molecule has 3 saturated carbocycles. The quantitative estimate of drug-likeness (QED) is 0.605. The lowest BCUT2D eigenvalue weighted by Crippen LogP contribution is -2.62. The Bertz CT molecular complexity index is 201. The lowest BCUT2D eigenvalue weighted by molar-refractivity contribution is -0.179. The number of rotatable bonds is 3. The topological polar surface area (TPSA) is 33.0 Å². The van der Waals surface area contributed by atoms with E-state index in [9.17, 15) is 0 Å². The molecular formula is C8H11NOS. The molecule has 3 fully saturated rings. The molecule has 0 saturated heterocycles. The Morgan fingerprint density at radius 2 is 2.18 bits per heavy atom. The van der Waals surface area contributed by atoms with Crippen LogP contribution in [0.4, 0.5) is 0 Å². The first-order valence-electron chi connectivity index (χ1n) is 3.81. The number of hydrogen-bond donors (Lipinski definition) is 0. The average Bonchev–Trinajstić information content (AvgIpc) is 1.83. The van der Waals surface area contributed by atoms with Crippen LogP contribution in [0, 0.1) is 22.2 Å². The van der Waals surface area contributed by atoms with E-state index in [4.69, 9.17) is 9.44 Å². The molecule has 3 aliphatic carbocycles. The molecule has 3 rings (SSSR count). The molecule has 0 heterocycles. The third kappa shape index (κ3) is 0.896. The van der Waals surface area contributed by atoms with Crippen LogP contribution < -0.4 is 0 Å². The molecule has 0 unspecified atom stereocenters. The first kappa shape index (κ1) is 7.45. The average molecular weight is 169 g/mol. The van der Waals surface area contributed by atoms with Gasteiger partial charge >= 0.3 is 0 Å². The molecule has 0 aromatic carbocycles. The minimum Gasteiger partial charge on any atom is -0.315 e. The van der Waals surface area contributed by atoms with Gasteiger partial charge in [0.25, 0.3) is 0 Å². The Balaban J connectivity index is 1.81. The fourth-order valence-corrected chi connectivity index (χ4v) is 2.82. The summed E-state index contributed by atoms with van der Waals surface area (Å²) in [5.41, 5.74) is 0.501. The van der Waals surface area contributed by atoms with Crippen LogP contribution in [0.25, 0.3) is 0 Å². The van der Waals surface area contributed by atoms with E-state index in [2.05, 4.69) is 6.07 Å². The number of hydrogen-bond acceptors (Lipinski definition) is 3. The van der Waals surface area contributed by atoms with Crippen LogP contribution in [0.1, 0.15) is 19.3 Å². The standard InChI is InChI=1S/C8H11NOS/c1-11-10-6-8-2-7(3-8,4-8)5-9/h2-4,6H2,1H3. The van der Waals surface area contributed by atoms with E-state index in [1.165, 1.54) is 12.0 Å². The van der Waals surface area contributed by atoms with Gasteiger partial charge in [-0.05, 0) is 36.7 Å². The Labute approximate surface area is 71.1 Å². The molecule has 2 nitrogen and oxygen atoms in total. The monoisotopic (exact) mass is 169 g/mol. The molecule has 0 spiro atoms. The predicted molar refractivity (Wildman–Crippen MR) is 43.8 cm³/mol. The first-order chi connectivity index (χ1) is 5.24. The second-order valence-corrected chi connectivity index (χ2v) is 4.42. The lowest BCUT2D eigenvalue weighted by Gasteiger charge is -2.66. The van der Waals surface area contributed by atoms with E-state index >= 15 is 0 Å². The summed E-state index contributed by atoms with van der Waals surface area (Å²) in [4.78, 5) is 0. The molecule has 0 aliphatic heterocycles. The summed E-state index contributed by atoms with van der Waals surface area (Å²) in [7, 11) is 0. The third-order valence-electron chi connectivity index (χ3n) is 2.86. The zero-order valence-corrected chi connectivity index (χ0v) is 7.41. The van der Waals surface area contributed by atoms with Crippen LogP contribution in [0.5, 0.6) is 0 Å². The predicted octanol–water partition coefficient (Wildman–Crippen LogP) is 1.97. The molecule has 0 radical (unpaired) electrons. The SMILES string of the molecule is CSOCC12CC(C#N)(C1)C2. The summed E-state index contributed by atoms with van der Waals surface area (Å²) < 4.78 is 5.28. The van der Waals surface area contributed by atoms with Crippen molar-refractivity contribution in [2.24, 2.45) is 10.8 Å². The van der Waals surface area contributed by atoms with E-state index in [1.54, 1.807) is 0 Å². The van der Waals surface area contributed by atoms with Crippen LogP contribution in [0.15, 0.2) is 0 Å². The summed E-state index contributed by atoms with van der Waals surface area (Å²) >= 11 is 1.43. The summed E-state index contributed by atoms with van der Waals surface area (Å²) in [6.45, 7) is 0.845. The maximum Gasteiger partial charge on any atom is 0.0690 e. The zero-order chi connectivity index (χ0) is 7.95. The molecule has 3 heteroatoms. The highest BCUT2D eigenvalue weighted by Gasteiger charge is 2.68. The normalized spacial score (nSPS) is 45.5. The molecule has 3 aliphatic rings. The minimum absolute atomic E-state index is 0.0851. The maximum atomic E-state index is 8.73. The van der Waals surface area contributed by atoms with E-state index in [0.29, 0.717) is 5.41 Å². The van der Waals surface area contributed by atoms with Gasteiger partial charge in [-0.15, -0.1) is 0 Å². The molecule has 60 valence electrons. The molecule has 0 aromatic rings. The Kier molecular flexibility index (Phi) is 1.45. The molecule has 2 bridgehead atoms. The Morgan fingerprint density at radius 3 is 2.64 bits per heavy atom. The van der Waals surface area contributed by atoms with Crippen LogP contribution in [-0.2, 0) is 4.18 Å². The highest BCUT2D eigenvalue weighted by molar-refractivity contribution is 7.93. The van der Waals surface area contributed by atoms with Crippen molar-refractivity contribution in [2.75, 3.05) is 12.9 Å². The van der Waals surface area contributed by atoms with Crippen LogP contribution in [0.2, 0.25) is 0 Å². The van der Waals surface area contributed by atoms with Crippen LogP contribution in [0.3, 0.4) is 0 Å².